The topological polar surface area (TPSA) is 69.6 Å². The van der Waals surface area contributed by atoms with Gasteiger partial charge in [0.1, 0.15) is 5.82 Å². The predicted molar refractivity (Wildman–Crippen MR) is 67.3 cm³/mol. The van der Waals surface area contributed by atoms with Crippen LogP contribution in [0, 0.1) is 17.5 Å². The van der Waals surface area contributed by atoms with Crippen LogP contribution in [0.2, 0.25) is 0 Å². The summed E-state index contributed by atoms with van der Waals surface area (Å²) >= 11 is 0. The Morgan fingerprint density at radius 3 is 2.38 bits per heavy atom. The first-order valence-electron chi connectivity index (χ1n) is 6.32. The monoisotopic (exact) mass is 302 g/mol. The van der Waals surface area contributed by atoms with Crippen molar-refractivity contribution in [2.75, 3.05) is 11.9 Å². The van der Waals surface area contributed by atoms with Crippen molar-refractivity contribution < 1.29 is 27.9 Å². The zero-order valence-electron chi connectivity index (χ0n) is 10.9. The van der Waals surface area contributed by atoms with E-state index >= 15 is 0 Å². The molecular weight excluding hydrogens is 289 g/mol. The van der Waals surface area contributed by atoms with Gasteiger partial charge in [0, 0.05) is 24.7 Å². The maximum Gasteiger partial charge on any atom is 0.322 e. The Bertz CT molecular complexity index is 576. The van der Waals surface area contributed by atoms with Crippen molar-refractivity contribution in [2.24, 2.45) is 0 Å². The number of benzene rings is 1. The highest BCUT2D eigenvalue weighted by molar-refractivity contribution is 5.90. The highest BCUT2D eigenvalue weighted by Crippen LogP contribution is 2.28. The van der Waals surface area contributed by atoms with Gasteiger partial charge in [-0.15, -0.1) is 0 Å². The summed E-state index contributed by atoms with van der Waals surface area (Å²) < 4.78 is 39.3. The fourth-order valence-corrected chi connectivity index (χ4v) is 1.86. The lowest BCUT2D eigenvalue weighted by Gasteiger charge is -2.22. The van der Waals surface area contributed by atoms with Gasteiger partial charge in [0.2, 0.25) is 0 Å². The lowest BCUT2D eigenvalue weighted by molar-refractivity contribution is -0.137. The number of rotatable bonds is 5. The Hall–Kier alpha value is -2.25. The molecule has 1 aromatic carbocycles. The molecule has 0 spiro atoms. The predicted octanol–water partition coefficient (Wildman–Crippen LogP) is 2.57. The number of carbonyl (C=O) groups is 2. The van der Waals surface area contributed by atoms with E-state index in [1.807, 2.05) is 0 Å². The van der Waals surface area contributed by atoms with Crippen molar-refractivity contribution in [3.8, 4) is 0 Å². The molecule has 0 aromatic heterocycles. The Morgan fingerprint density at radius 1 is 1.19 bits per heavy atom. The molecule has 1 aliphatic rings. The second kappa shape index (κ2) is 6.02. The third-order valence-electron chi connectivity index (χ3n) is 3.07. The molecule has 0 heterocycles. The van der Waals surface area contributed by atoms with Crippen LogP contribution in [-0.2, 0) is 4.79 Å². The van der Waals surface area contributed by atoms with Crippen LogP contribution in [0.25, 0.3) is 0 Å². The van der Waals surface area contributed by atoms with Gasteiger partial charge in [-0.3, -0.25) is 4.79 Å². The second-order valence-electron chi connectivity index (χ2n) is 4.74. The molecular formula is C13H13F3N2O3. The van der Waals surface area contributed by atoms with Gasteiger partial charge in [-0.2, -0.15) is 0 Å². The number of carboxylic acid groups (broad SMARTS) is 1. The van der Waals surface area contributed by atoms with Crippen LogP contribution in [-0.4, -0.2) is 34.6 Å². The van der Waals surface area contributed by atoms with Crippen LogP contribution in [0.3, 0.4) is 0 Å². The maximum atomic E-state index is 13.5. The quantitative estimate of drug-likeness (QED) is 0.821. The van der Waals surface area contributed by atoms with Crippen molar-refractivity contribution in [3.63, 3.8) is 0 Å². The van der Waals surface area contributed by atoms with E-state index in [0.29, 0.717) is 12.1 Å². The van der Waals surface area contributed by atoms with E-state index in [9.17, 15) is 22.8 Å². The summed E-state index contributed by atoms with van der Waals surface area (Å²) in [7, 11) is 0. The van der Waals surface area contributed by atoms with E-state index in [1.54, 1.807) is 0 Å². The number of carboxylic acids is 1. The average Bonchev–Trinajstić information content (AvgIpc) is 3.20. The fraction of sp³-hybridized carbons (Fsp3) is 0.385. The molecule has 2 rings (SSSR count). The van der Waals surface area contributed by atoms with Crippen LogP contribution in [0.1, 0.15) is 19.3 Å². The molecule has 0 aliphatic heterocycles. The zero-order chi connectivity index (χ0) is 15.6. The highest BCUT2D eigenvalue weighted by Gasteiger charge is 2.33. The molecule has 5 nitrogen and oxygen atoms in total. The highest BCUT2D eigenvalue weighted by atomic mass is 19.2. The Labute approximate surface area is 118 Å². The minimum absolute atomic E-state index is 0.0306. The summed E-state index contributed by atoms with van der Waals surface area (Å²) in [5, 5.41) is 10.8. The Kier molecular flexibility index (Phi) is 4.35. The Balaban J connectivity index is 2.08. The summed E-state index contributed by atoms with van der Waals surface area (Å²) in [4.78, 5) is 23.8. The minimum atomic E-state index is -1.35. The molecule has 0 radical (unpaired) electrons. The number of nitrogens with one attached hydrogen (secondary N) is 1. The Morgan fingerprint density at radius 2 is 1.81 bits per heavy atom. The van der Waals surface area contributed by atoms with Crippen LogP contribution >= 0.6 is 0 Å². The molecule has 1 aromatic rings. The molecule has 0 saturated heterocycles. The number of hydrogen-bond acceptors (Lipinski definition) is 2. The maximum absolute atomic E-state index is 13.5. The molecule has 0 unspecified atom stereocenters. The van der Waals surface area contributed by atoms with Gasteiger partial charge in [0.25, 0.3) is 0 Å². The number of hydrogen-bond donors (Lipinski definition) is 2. The summed E-state index contributed by atoms with van der Waals surface area (Å²) in [6, 6.07) is 0.0514. The van der Waals surface area contributed by atoms with Crippen LogP contribution in [0.5, 0.6) is 0 Å². The lowest BCUT2D eigenvalue weighted by Crippen LogP contribution is -2.38. The van der Waals surface area contributed by atoms with Crippen LogP contribution < -0.4 is 5.32 Å². The van der Waals surface area contributed by atoms with E-state index in [4.69, 9.17) is 5.11 Å². The number of urea groups is 1. The van der Waals surface area contributed by atoms with E-state index in [0.717, 1.165) is 12.8 Å². The molecule has 0 atom stereocenters. The number of aliphatic carboxylic acids is 1. The molecule has 21 heavy (non-hydrogen) atoms. The summed E-state index contributed by atoms with van der Waals surface area (Å²) in [5.74, 6) is -4.80. The number of halogens is 3. The van der Waals surface area contributed by atoms with E-state index in [2.05, 4.69) is 5.32 Å². The smallest absolute Gasteiger partial charge is 0.322 e. The van der Waals surface area contributed by atoms with Gasteiger partial charge in [-0.05, 0) is 12.8 Å². The first kappa shape index (κ1) is 15.1. The molecule has 0 bridgehead atoms. The van der Waals surface area contributed by atoms with Crippen molar-refractivity contribution in [1.29, 1.82) is 0 Å². The molecule has 8 heteroatoms. The molecule has 114 valence electrons. The molecule has 1 saturated carbocycles. The van der Waals surface area contributed by atoms with Crippen LogP contribution in [0.4, 0.5) is 23.7 Å². The number of nitrogens with zero attached hydrogens (tertiary/aromatic N) is 1. The van der Waals surface area contributed by atoms with Crippen molar-refractivity contribution in [2.45, 2.75) is 25.3 Å². The lowest BCUT2D eigenvalue weighted by atomic mass is 10.3. The first-order chi connectivity index (χ1) is 9.88. The summed E-state index contributed by atoms with van der Waals surface area (Å²) in [6.45, 7) is -0.0306. The normalized spacial score (nSPS) is 13.9. The van der Waals surface area contributed by atoms with Gasteiger partial charge >= 0.3 is 12.0 Å². The summed E-state index contributed by atoms with van der Waals surface area (Å²) in [6.07, 6.45) is 1.21. The molecule has 1 fully saturated rings. The number of amides is 2. The van der Waals surface area contributed by atoms with Gasteiger partial charge in [-0.1, -0.05) is 0 Å². The van der Waals surface area contributed by atoms with Gasteiger partial charge in [0.15, 0.2) is 11.6 Å². The molecule has 1 aliphatic carbocycles. The fourth-order valence-electron chi connectivity index (χ4n) is 1.86. The largest absolute Gasteiger partial charge is 0.481 e. The van der Waals surface area contributed by atoms with E-state index in [-0.39, 0.29) is 19.0 Å². The standard InChI is InChI=1S/C13H13F3N2O3/c14-8-5-10(16)11(6-9(8)15)17-13(21)18(7-1-2-7)4-3-12(19)20/h5-7H,1-4H2,(H,17,21)(H,19,20). The van der Waals surface area contributed by atoms with Crippen molar-refractivity contribution >= 4 is 17.7 Å². The van der Waals surface area contributed by atoms with Crippen molar-refractivity contribution in [3.05, 3.63) is 29.6 Å². The van der Waals surface area contributed by atoms with Gasteiger partial charge in [-0.25, -0.2) is 18.0 Å². The van der Waals surface area contributed by atoms with Gasteiger partial charge < -0.3 is 15.3 Å². The minimum Gasteiger partial charge on any atom is -0.481 e. The third kappa shape index (κ3) is 3.87. The zero-order valence-corrected chi connectivity index (χ0v) is 10.9. The van der Waals surface area contributed by atoms with Crippen molar-refractivity contribution in [1.82, 2.24) is 4.90 Å². The SMILES string of the molecule is O=C(O)CCN(C(=O)Nc1cc(F)c(F)cc1F)C1CC1. The third-order valence-corrected chi connectivity index (χ3v) is 3.07. The van der Waals surface area contributed by atoms with Gasteiger partial charge in [0.05, 0.1) is 12.1 Å². The van der Waals surface area contributed by atoms with Crippen LogP contribution in [0.15, 0.2) is 12.1 Å². The number of anilines is 1. The average molecular weight is 302 g/mol. The molecule has 2 amide bonds. The van der Waals surface area contributed by atoms with E-state index < -0.39 is 35.1 Å². The van der Waals surface area contributed by atoms with E-state index in [1.165, 1.54) is 4.90 Å². The first-order valence-corrected chi connectivity index (χ1v) is 6.32. The summed E-state index contributed by atoms with van der Waals surface area (Å²) in [5.41, 5.74) is -0.486. The second-order valence-corrected chi connectivity index (χ2v) is 4.74. The number of carbonyl (C=O) groups excluding carboxylic acids is 1. The molecule has 2 N–H and O–H groups in total.